The highest BCUT2D eigenvalue weighted by atomic mass is 16.8. The Morgan fingerprint density at radius 1 is 0.553 bits per heavy atom. The maximum Gasteiger partial charge on any atom is 0.487 e. The average Bonchev–Trinajstić information content (AvgIpc) is 3.25. The quantitative estimate of drug-likeness (QED) is 0.286. The largest absolute Gasteiger partial charge is 0.487 e. The summed E-state index contributed by atoms with van der Waals surface area (Å²) in [5.41, 5.74) is 1.71. The fraction of sp³-hybridized carbons (Fsp3) is 0.212. The van der Waals surface area contributed by atoms with Crippen LogP contribution in [0.5, 0.6) is 0 Å². The van der Waals surface area contributed by atoms with Crippen molar-refractivity contribution in [3.8, 4) is 0 Å². The van der Waals surface area contributed by atoms with Crippen LogP contribution >= 0.6 is 0 Å². The lowest BCUT2D eigenvalue weighted by Crippen LogP contribution is -2.53. The van der Waals surface area contributed by atoms with E-state index in [1.165, 1.54) is 0 Å². The van der Waals surface area contributed by atoms with Crippen molar-refractivity contribution in [1.29, 1.82) is 0 Å². The average molecular weight is 502 g/mol. The Morgan fingerprint density at radius 3 is 1.11 bits per heavy atom. The van der Waals surface area contributed by atoms with Gasteiger partial charge in [-0.1, -0.05) is 127 Å². The molecular formula is C33H31BO4. The molecule has 4 aromatic carbocycles. The molecule has 4 aromatic rings. The number of benzene rings is 4. The number of fused-ring (bicyclic) bond motifs is 1. The molecule has 4 nitrogen and oxygen atoms in total. The second-order valence-corrected chi connectivity index (χ2v) is 10.3. The van der Waals surface area contributed by atoms with E-state index in [9.17, 15) is 0 Å². The summed E-state index contributed by atoms with van der Waals surface area (Å²) in [5.74, 6) is 0.820. The normalized spacial score (nSPS) is 23.3. The van der Waals surface area contributed by atoms with Crippen LogP contribution in [-0.4, -0.2) is 25.1 Å². The predicted molar refractivity (Wildman–Crippen MR) is 149 cm³/mol. The van der Waals surface area contributed by atoms with Crippen LogP contribution in [0, 0.1) is 0 Å². The van der Waals surface area contributed by atoms with Gasteiger partial charge in [0.15, 0.2) is 5.79 Å². The van der Waals surface area contributed by atoms with Gasteiger partial charge in [-0.25, -0.2) is 0 Å². The summed E-state index contributed by atoms with van der Waals surface area (Å²) in [6.45, 7) is 8.03. The highest BCUT2D eigenvalue weighted by Crippen LogP contribution is 2.55. The summed E-state index contributed by atoms with van der Waals surface area (Å²) in [4.78, 5) is 0. The number of ether oxygens (including phenoxy) is 2. The van der Waals surface area contributed by atoms with Crippen LogP contribution in [0.1, 0.15) is 36.1 Å². The molecule has 2 aliphatic heterocycles. The minimum Gasteiger partial charge on any atom is -0.391 e. The second-order valence-electron chi connectivity index (χ2n) is 10.3. The van der Waals surface area contributed by atoms with Crippen molar-refractivity contribution in [3.63, 3.8) is 0 Å². The van der Waals surface area contributed by atoms with E-state index < -0.39 is 36.3 Å². The fourth-order valence-corrected chi connectivity index (χ4v) is 5.98. The Labute approximate surface area is 225 Å². The number of hydrogen-bond acceptors (Lipinski definition) is 4. The lowest BCUT2D eigenvalue weighted by molar-refractivity contribution is -0.177. The summed E-state index contributed by atoms with van der Waals surface area (Å²) in [6, 6.07) is 40.9. The molecule has 6 rings (SSSR count). The van der Waals surface area contributed by atoms with Gasteiger partial charge in [-0.15, -0.1) is 6.58 Å². The van der Waals surface area contributed by atoms with Gasteiger partial charge in [-0.2, -0.15) is 0 Å². The van der Waals surface area contributed by atoms with Gasteiger partial charge in [-0.3, -0.25) is 0 Å². The van der Waals surface area contributed by atoms with Crippen molar-refractivity contribution in [2.75, 3.05) is 0 Å². The zero-order valence-corrected chi connectivity index (χ0v) is 21.7. The van der Waals surface area contributed by atoms with Crippen molar-refractivity contribution in [2.45, 2.75) is 43.0 Å². The van der Waals surface area contributed by atoms with Gasteiger partial charge >= 0.3 is 7.12 Å². The van der Waals surface area contributed by atoms with E-state index in [2.05, 4.69) is 55.1 Å². The third-order valence-electron chi connectivity index (χ3n) is 7.50. The standard InChI is InChI=1S/C33H31BO4/c1-4-34-37-32(25-17-9-5-10-18-25,26-19-11-6-12-20-26)29-30(36-31(2,3)35-29)33(38-34,27-21-13-7-14-22-27)28-23-15-8-16-24-28/h4-24,29-30H,1H2,2-3H3/t29-,30-/m1/s1. The molecular weight excluding hydrogens is 471 g/mol. The third kappa shape index (κ3) is 3.94. The second kappa shape index (κ2) is 9.68. The number of rotatable bonds is 5. The highest BCUT2D eigenvalue weighted by molar-refractivity contribution is 6.51. The lowest BCUT2D eigenvalue weighted by Gasteiger charge is -2.43. The Hall–Kier alpha value is -3.48. The van der Waals surface area contributed by atoms with Crippen LogP contribution < -0.4 is 0 Å². The minimum absolute atomic E-state index is 0.576. The Kier molecular flexibility index (Phi) is 6.33. The van der Waals surface area contributed by atoms with Gasteiger partial charge in [0.1, 0.15) is 23.4 Å². The summed E-state index contributed by atoms with van der Waals surface area (Å²) in [6.07, 6.45) is -1.15. The monoisotopic (exact) mass is 502 g/mol. The molecule has 0 spiro atoms. The topological polar surface area (TPSA) is 36.9 Å². The maximum atomic E-state index is 7.08. The molecule has 0 N–H and O–H groups in total. The van der Waals surface area contributed by atoms with Crippen LogP contribution in [0.25, 0.3) is 0 Å². The van der Waals surface area contributed by atoms with Gasteiger partial charge in [0, 0.05) is 0 Å². The van der Waals surface area contributed by atoms with E-state index in [1.54, 1.807) is 5.98 Å². The minimum atomic E-state index is -1.05. The van der Waals surface area contributed by atoms with Crippen LogP contribution in [0.2, 0.25) is 0 Å². The van der Waals surface area contributed by atoms with Crippen molar-refractivity contribution >= 4 is 7.12 Å². The molecule has 0 radical (unpaired) electrons. The molecule has 2 saturated heterocycles. The summed E-state index contributed by atoms with van der Waals surface area (Å²) >= 11 is 0. The molecule has 2 atom stereocenters. The van der Waals surface area contributed by atoms with Gasteiger partial charge in [0.2, 0.25) is 0 Å². The summed E-state index contributed by atoms with van der Waals surface area (Å²) < 4.78 is 27.9. The molecule has 0 saturated carbocycles. The van der Waals surface area contributed by atoms with Crippen molar-refractivity contribution < 1.29 is 18.8 Å². The van der Waals surface area contributed by atoms with Crippen LogP contribution in [0.15, 0.2) is 134 Å². The van der Waals surface area contributed by atoms with Gasteiger partial charge in [0.05, 0.1) is 0 Å². The van der Waals surface area contributed by atoms with E-state index >= 15 is 0 Å². The first kappa shape index (κ1) is 24.8. The first-order valence-corrected chi connectivity index (χ1v) is 13.1. The smallest absolute Gasteiger partial charge is 0.391 e. The van der Waals surface area contributed by atoms with E-state index in [0.717, 1.165) is 22.3 Å². The first-order valence-electron chi connectivity index (χ1n) is 13.1. The van der Waals surface area contributed by atoms with Crippen molar-refractivity contribution in [2.24, 2.45) is 0 Å². The van der Waals surface area contributed by atoms with Crippen molar-refractivity contribution in [1.82, 2.24) is 0 Å². The molecule has 190 valence electrons. The zero-order chi connectivity index (χ0) is 26.2. The van der Waals surface area contributed by atoms with E-state index in [0.29, 0.717) is 0 Å². The van der Waals surface area contributed by atoms with Crippen LogP contribution in [0.4, 0.5) is 0 Å². The van der Waals surface area contributed by atoms with Gasteiger partial charge in [0.25, 0.3) is 0 Å². The van der Waals surface area contributed by atoms with Crippen LogP contribution in [-0.2, 0) is 30.0 Å². The van der Waals surface area contributed by atoms with E-state index in [1.807, 2.05) is 86.6 Å². The molecule has 0 aliphatic carbocycles. The molecule has 0 amide bonds. The van der Waals surface area contributed by atoms with Gasteiger partial charge in [-0.05, 0) is 36.1 Å². The molecule has 2 aliphatic rings. The Balaban J connectivity index is 1.70. The molecule has 0 unspecified atom stereocenters. The van der Waals surface area contributed by atoms with E-state index in [4.69, 9.17) is 18.8 Å². The molecule has 38 heavy (non-hydrogen) atoms. The number of hydrogen-bond donors (Lipinski definition) is 0. The zero-order valence-electron chi connectivity index (χ0n) is 21.7. The fourth-order valence-electron chi connectivity index (χ4n) is 5.98. The molecule has 0 aromatic heterocycles. The molecule has 5 heteroatoms. The van der Waals surface area contributed by atoms with Crippen LogP contribution in [0.3, 0.4) is 0 Å². The predicted octanol–water partition coefficient (Wildman–Crippen LogP) is 6.65. The van der Waals surface area contributed by atoms with E-state index in [-0.39, 0.29) is 0 Å². The maximum absolute atomic E-state index is 7.08. The Morgan fingerprint density at radius 2 is 0.842 bits per heavy atom. The third-order valence-corrected chi connectivity index (χ3v) is 7.50. The SMILES string of the molecule is C=CB1OC(c2ccccc2)(c2ccccc2)[C@@H]2OC(C)(C)O[C@H]2C(c2ccccc2)(c2ccccc2)O1. The molecule has 0 bridgehead atoms. The summed E-state index contributed by atoms with van der Waals surface area (Å²) in [7, 11) is -0.781. The highest BCUT2D eigenvalue weighted by Gasteiger charge is 2.66. The molecule has 2 fully saturated rings. The lowest BCUT2D eigenvalue weighted by atomic mass is 9.72. The van der Waals surface area contributed by atoms with Crippen molar-refractivity contribution in [3.05, 3.63) is 156 Å². The first-order chi connectivity index (χ1) is 18.5. The summed E-state index contributed by atoms with van der Waals surface area (Å²) in [5, 5.41) is 0. The van der Waals surface area contributed by atoms with Gasteiger partial charge < -0.3 is 18.8 Å². The molecule has 2 heterocycles. The Bertz CT molecular complexity index is 1190.